The van der Waals surface area contributed by atoms with Gasteiger partial charge in [-0.25, -0.2) is 0 Å². The third-order valence-electron chi connectivity index (χ3n) is 2.12. The summed E-state index contributed by atoms with van der Waals surface area (Å²) in [5.41, 5.74) is 5.23. The highest BCUT2D eigenvalue weighted by molar-refractivity contribution is 5.71. The molecule has 1 aromatic rings. The molecule has 0 radical (unpaired) electrons. The second-order valence-corrected chi connectivity index (χ2v) is 3.40. The van der Waals surface area contributed by atoms with Gasteiger partial charge in [0, 0.05) is 6.54 Å². The maximum absolute atomic E-state index is 12.2. The van der Waals surface area contributed by atoms with Crippen LogP contribution in [-0.2, 0) is 17.8 Å². The van der Waals surface area contributed by atoms with Crippen molar-refractivity contribution in [2.75, 3.05) is 7.11 Å². The summed E-state index contributed by atoms with van der Waals surface area (Å²) in [6.45, 7) is -0.316. The van der Waals surface area contributed by atoms with Gasteiger partial charge in [-0.1, -0.05) is 0 Å². The minimum atomic E-state index is -4.90. The van der Waals surface area contributed by atoms with Crippen LogP contribution >= 0.6 is 0 Å². The Kier molecular flexibility index (Phi) is 4.54. The highest BCUT2D eigenvalue weighted by atomic mass is 19.4. The number of carbonyl (C=O) groups is 1. The van der Waals surface area contributed by atoms with Gasteiger partial charge in [-0.05, 0) is 0 Å². The second-order valence-electron chi connectivity index (χ2n) is 3.40. The van der Waals surface area contributed by atoms with Crippen LogP contribution in [-0.4, -0.2) is 29.5 Å². The van der Waals surface area contributed by atoms with Crippen LogP contribution in [0, 0.1) is 0 Å². The smallest absolute Gasteiger partial charge is 0.494 e. The highest BCUT2D eigenvalue weighted by Gasteiger charge is 2.33. The van der Waals surface area contributed by atoms with E-state index in [4.69, 9.17) is 15.6 Å². The van der Waals surface area contributed by atoms with E-state index in [9.17, 15) is 18.0 Å². The highest BCUT2D eigenvalue weighted by Crippen LogP contribution is 2.33. The summed E-state index contributed by atoms with van der Waals surface area (Å²) in [5.74, 6) is -1.93. The minimum Gasteiger partial charge on any atom is -0.494 e. The molecule has 0 atom stereocenters. The SMILES string of the molecule is COc1c(CC(=O)O)ncc(OC(F)(F)F)c1CN. The van der Waals surface area contributed by atoms with Crippen molar-refractivity contribution in [3.63, 3.8) is 0 Å². The van der Waals surface area contributed by atoms with Crippen molar-refractivity contribution < 1.29 is 32.5 Å². The van der Waals surface area contributed by atoms with Crippen LogP contribution < -0.4 is 15.2 Å². The quantitative estimate of drug-likeness (QED) is 0.838. The van der Waals surface area contributed by atoms with Crippen molar-refractivity contribution in [2.45, 2.75) is 19.3 Å². The van der Waals surface area contributed by atoms with Gasteiger partial charge < -0.3 is 20.3 Å². The van der Waals surface area contributed by atoms with Crippen molar-refractivity contribution in [2.24, 2.45) is 5.73 Å². The summed E-state index contributed by atoms with van der Waals surface area (Å²) >= 11 is 0. The molecule has 0 spiro atoms. The number of rotatable bonds is 5. The van der Waals surface area contributed by atoms with Gasteiger partial charge in [0.25, 0.3) is 0 Å². The maximum atomic E-state index is 12.2. The summed E-state index contributed by atoms with van der Waals surface area (Å²) in [4.78, 5) is 14.2. The van der Waals surface area contributed by atoms with Gasteiger partial charge in [-0.2, -0.15) is 0 Å². The number of aromatic nitrogens is 1. The first-order chi connectivity index (χ1) is 8.78. The van der Waals surface area contributed by atoms with Crippen molar-refractivity contribution >= 4 is 5.97 Å². The Bertz CT molecular complexity index is 477. The molecule has 0 fully saturated rings. The monoisotopic (exact) mass is 280 g/mol. The molecule has 106 valence electrons. The number of carboxylic acid groups (broad SMARTS) is 1. The Morgan fingerprint density at radius 2 is 2.16 bits per heavy atom. The molecule has 1 rings (SSSR count). The average molecular weight is 280 g/mol. The van der Waals surface area contributed by atoms with Crippen LogP contribution in [0.25, 0.3) is 0 Å². The fraction of sp³-hybridized carbons (Fsp3) is 0.400. The van der Waals surface area contributed by atoms with Crippen molar-refractivity contribution in [3.8, 4) is 11.5 Å². The summed E-state index contributed by atoms with van der Waals surface area (Å²) in [6, 6.07) is 0. The number of halogens is 3. The molecule has 0 aromatic carbocycles. The van der Waals surface area contributed by atoms with Gasteiger partial charge in [-0.3, -0.25) is 9.78 Å². The molecule has 0 bridgehead atoms. The van der Waals surface area contributed by atoms with E-state index < -0.39 is 24.5 Å². The van der Waals surface area contributed by atoms with E-state index >= 15 is 0 Å². The van der Waals surface area contributed by atoms with Crippen molar-refractivity contribution in [1.82, 2.24) is 4.98 Å². The van der Waals surface area contributed by atoms with Crippen LogP contribution in [0.1, 0.15) is 11.3 Å². The molecule has 0 saturated heterocycles. The van der Waals surface area contributed by atoms with Crippen LogP contribution in [0.2, 0.25) is 0 Å². The number of hydrogen-bond acceptors (Lipinski definition) is 5. The molecule has 6 nitrogen and oxygen atoms in total. The maximum Gasteiger partial charge on any atom is 0.573 e. The summed E-state index contributed by atoms with van der Waals surface area (Å²) < 4.78 is 45.2. The number of hydrogen-bond donors (Lipinski definition) is 2. The zero-order valence-electron chi connectivity index (χ0n) is 9.82. The third kappa shape index (κ3) is 3.98. The number of pyridine rings is 1. The normalized spacial score (nSPS) is 11.2. The number of nitrogens with two attached hydrogens (primary N) is 1. The zero-order chi connectivity index (χ0) is 14.6. The Balaban J connectivity index is 3.26. The van der Waals surface area contributed by atoms with Crippen LogP contribution in [0.4, 0.5) is 13.2 Å². The van der Waals surface area contributed by atoms with Crippen LogP contribution in [0.3, 0.4) is 0 Å². The summed E-state index contributed by atoms with van der Waals surface area (Å²) in [5, 5.41) is 8.67. The number of aliphatic carboxylic acids is 1. The Morgan fingerprint density at radius 1 is 1.53 bits per heavy atom. The molecule has 19 heavy (non-hydrogen) atoms. The molecule has 1 aromatic heterocycles. The third-order valence-corrected chi connectivity index (χ3v) is 2.12. The van der Waals surface area contributed by atoms with E-state index in [0.29, 0.717) is 0 Å². The van der Waals surface area contributed by atoms with E-state index in [1.165, 1.54) is 7.11 Å². The number of nitrogens with zero attached hydrogens (tertiary/aromatic N) is 1. The predicted octanol–water partition coefficient (Wildman–Crippen LogP) is 1.07. The molecule has 0 unspecified atom stereocenters. The van der Waals surface area contributed by atoms with Crippen molar-refractivity contribution in [3.05, 3.63) is 17.5 Å². The fourth-order valence-corrected chi connectivity index (χ4v) is 1.48. The van der Waals surface area contributed by atoms with Gasteiger partial charge in [0.1, 0.15) is 5.75 Å². The van der Waals surface area contributed by atoms with Crippen LogP contribution in [0.15, 0.2) is 6.20 Å². The Morgan fingerprint density at radius 3 is 2.58 bits per heavy atom. The Labute approximate surface area is 105 Å². The van der Waals surface area contributed by atoms with Crippen LogP contribution in [0.5, 0.6) is 11.5 Å². The second kappa shape index (κ2) is 5.74. The lowest BCUT2D eigenvalue weighted by Crippen LogP contribution is -2.20. The summed E-state index contributed by atoms with van der Waals surface area (Å²) in [6.07, 6.45) is -4.62. The lowest BCUT2D eigenvalue weighted by Gasteiger charge is -2.16. The van der Waals surface area contributed by atoms with E-state index in [2.05, 4.69) is 9.72 Å². The minimum absolute atomic E-state index is 0.0232. The standard InChI is InChI=1S/C10H11F3N2O4/c1-18-9-5(3-14)7(19-10(11,12)13)4-15-6(9)2-8(16)17/h4H,2-3,14H2,1H3,(H,16,17). The molecular formula is C10H11F3N2O4. The first kappa shape index (κ1) is 15.0. The first-order valence-electron chi connectivity index (χ1n) is 5.00. The number of carboxylic acids is 1. The molecule has 0 amide bonds. The Hall–Kier alpha value is -2.03. The lowest BCUT2D eigenvalue weighted by molar-refractivity contribution is -0.275. The summed E-state index contributed by atoms with van der Waals surface area (Å²) in [7, 11) is 1.18. The largest absolute Gasteiger partial charge is 0.573 e. The molecule has 9 heteroatoms. The topological polar surface area (TPSA) is 94.7 Å². The number of ether oxygens (including phenoxy) is 2. The van der Waals surface area contributed by atoms with Gasteiger partial charge in [0.2, 0.25) is 0 Å². The first-order valence-corrected chi connectivity index (χ1v) is 5.00. The van der Waals surface area contributed by atoms with Gasteiger partial charge in [0.05, 0.1) is 31.0 Å². The molecule has 0 aliphatic carbocycles. The predicted molar refractivity (Wildman–Crippen MR) is 56.7 cm³/mol. The van der Waals surface area contributed by atoms with Gasteiger partial charge >= 0.3 is 12.3 Å². The number of alkyl halides is 3. The lowest BCUT2D eigenvalue weighted by atomic mass is 10.1. The molecule has 1 heterocycles. The van der Waals surface area contributed by atoms with Gasteiger partial charge in [0.15, 0.2) is 5.75 Å². The zero-order valence-corrected chi connectivity index (χ0v) is 9.82. The molecule has 3 N–H and O–H groups in total. The van der Waals surface area contributed by atoms with Gasteiger partial charge in [-0.15, -0.1) is 13.2 Å². The average Bonchev–Trinajstić information content (AvgIpc) is 2.27. The van der Waals surface area contributed by atoms with E-state index in [1.807, 2.05) is 0 Å². The van der Waals surface area contributed by atoms with E-state index in [-0.39, 0.29) is 23.6 Å². The van der Waals surface area contributed by atoms with E-state index in [1.54, 1.807) is 0 Å². The molecule has 0 aliphatic rings. The molecule has 0 aliphatic heterocycles. The van der Waals surface area contributed by atoms with Crippen molar-refractivity contribution in [1.29, 1.82) is 0 Å². The molecule has 0 saturated carbocycles. The van der Waals surface area contributed by atoms with E-state index in [0.717, 1.165) is 6.20 Å². The fourth-order valence-electron chi connectivity index (χ4n) is 1.48. The molecular weight excluding hydrogens is 269 g/mol. The number of methoxy groups -OCH3 is 1.